The van der Waals surface area contributed by atoms with Crippen LogP contribution in [-0.2, 0) is 10.8 Å². The molecule has 0 unspecified atom stereocenters. The molecule has 0 amide bonds. The first kappa shape index (κ1) is 22.1. The monoisotopic (exact) mass is 398 g/mol. The van der Waals surface area contributed by atoms with Crippen LogP contribution in [0.4, 0.5) is 11.4 Å². The molecule has 3 N–H and O–H groups in total. The lowest BCUT2D eigenvalue weighted by Crippen LogP contribution is -2.16. The summed E-state index contributed by atoms with van der Waals surface area (Å²) in [6.07, 6.45) is 0. The second-order valence-electron chi connectivity index (χ2n) is 8.97. The second kappa shape index (κ2) is 7.66. The number of hydrogen-bond donors (Lipinski definition) is 3. The van der Waals surface area contributed by atoms with Gasteiger partial charge in [0.1, 0.15) is 5.75 Å². The molecular weight excluding hydrogens is 372 g/mol. The normalized spacial score (nSPS) is 12.3. The van der Waals surface area contributed by atoms with Crippen LogP contribution in [0.3, 0.4) is 0 Å². The quantitative estimate of drug-likeness (QED) is 0.562. The van der Waals surface area contributed by atoms with Gasteiger partial charge in [0.05, 0.1) is 22.5 Å². The first-order valence-electron chi connectivity index (χ1n) is 9.11. The van der Waals surface area contributed by atoms with Gasteiger partial charge in [-0.05, 0) is 41.2 Å². The van der Waals surface area contributed by atoms with E-state index in [4.69, 9.17) is 0 Å². The summed E-state index contributed by atoms with van der Waals surface area (Å²) in [5.74, 6) is -2.29. The van der Waals surface area contributed by atoms with Gasteiger partial charge in [0.25, 0.3) is 0 Å². The van der Waals surface area contributed by atoms with Crippen LogP contribution in [0.2, 0.25) is 0 Å². The van der Waals surface area contributed by atoms with E-state index in [9.17, 15) is 24.9 Å². The number of phenols is 1. The highest BCUT2D eigenvalue weighted by molar-refractivity contribution is 5.95. The van der Waals surface area contributed by atoms with E-state index in [-0.39, 0.29) is 33.4 Å². The van der Waals surface area contributed by atoms with Crippen molar-refractivity contribution in [3.8, 4) is 5.75 Å². The van der Waals surface area contributed by atoms with Gasteiger partial charge in [0.15, 0.2) is 0 Å². The van der Waals surface area contributed by atoms with Crippen LogP contribution < -0.4 is 0 Å². The van der Waals surface area contributed by atoms with E-state index in [1.165, 1.54) is 12.1 Å². The van der Waals surface area contributed by atoms with Crippen LogP contribution in [0.5, 0.6) is 5.75 Å². The molecule has 0 aromatic heterocycles. The van der Waals surface area contributed by atoms with Gasteiger partial charge in [-0.25, -0.2) is 9.59 Å². The molecule has 0 saturated heterocycles. The van der Waals surface area contributed by atoms with Crippen LogP contribution in [0.25, 0.3) is 0 Å². The van der Waals surface area contributed by atoms with Crippen molar-refractivity contribution in [2.24, 2.45) is 10.2 Å². The molecule has 7 heteroatoms. The predicted octanol–water partition coefficient (Wildman–Crippen LogP) is 5.80. The number of azo groups is 1. The molecule has 0 radical (unpaired) electrons. The Morgan fingerprint density at radius 2 is 1.03 bits per heavy atom. The molecule has 7 nitrogen and oxygen atoms in total. The SMILES string of the molecule is CC(C)(C)c1cc(N=Nc2cc(C(=O)O)cc(C(=O)O)c2)cc(C(C)(C)C)c1O. The Kier molecular flexibility index (Phi) is 5.83. The minimum Gasteiger partial charge on any atom is -0.507 e. The molecule has 0 aliphatic carbocycles. The van der Waals surface area contributed by atoms with Crippen LogP contribution in [0, 0.1) is 0 Å². The molecule has 0 fully saturated rings. The number of phenolic OH excluding ortho intramolecular Hbond substituents is 1. The van der Waals surface area contributed by atoms with Crippen LogP contribution in [-0.4, -0.2) is 27.3 Å². The smallest absolute Gasteiger partial charge is 0.335 e. The molecular formula is C22H26N2O5. The Balaban J connectivity index is 2.61. The highest BCUT2D eigenvalue weighted by Crippen LogP contribution is 2.42. The molecule has 2 aromatic rings. The number of carboxylic acids is 2. The Morgan fingerprint density at radius 1 is 0.690 bits per heavy atom. The van der Waals surface area contributed by atoms with E-state index in [1.54, 1.807) is 12.1 Å². The lowest BCUT2D eigenvalue weighted by molar-refractivity contribution is 0.0696. The summed E-state index contributed by atoms with van der Waals surface area (Å²) in [6.45, 7) is 11.9. The van der Waals surface area contributed by atoms with Gasteiger partial charge in [-0.15, -0.1) is 0 Å². The van der Waals surface area contributed by atoms with E-state index in [0.717, 1.165) is 6.07 Å². The minimum absolute atomic E-state index is 0.116. The van der Waals surface area contributed by atoms with E-state index in [0.29, 0.717) is 16.8 Å². The standard InChI is InChI=1S/C22H26N2O5/c1-21(2,3)16-10-15(11-17(18(16)25)22(4,5)6)24-23-14-8-12(19(26)27)7-13(9-14)20(28)29/h7-11,25H,1-6H3,(H,26,27)(H,28,29). The highest BCUT2D eigenvalue weighted by atomic mass is 16.4. The molecule has 0 bridgehead atoms. The fourth-order valence-corrected chi connectivity index (χ4v) is 2.85. The molecule has 0 aliphatic heterocycles. The number of carbonyl (C=O) groups is 2. The van der Waals surface area contributed by atoms with Gasteiger partial charge in [0.2, 0.25) is 0 Å². The van der Waals surface area contributed by atoms with Crippen molar-refractivity contribution in [1.82, 2.24) is 0 Å². The van der Waals surface area contributed by atoms with E-state index >= 15 is 0 Å². The lowest BCUT2D eigenvalue weighted by Gasteiger charge is -2.27. The first-order valence-corrected chi connectivity index (χ1v) is 9.11. The van der Waals surface area contributed by atoms with E-state index in [2.05, 4.69) is 10.2 Å². The second-order valence-corrected chi connectivity index (χ2v) is 8.97. The van der Waals surface area contributed by atoms with Gasteiger partial charge in [0, 0.05) is 11.1 Å². The fourth-order valence-electron chi connectivity index (χ4n) is 2.85. The molecule has 0 spiro atoms. The van der Waals surface area contributed by atoms with Crippen molar-refractivity contribution in [3.63, 3.8) is 0 Å². The Hall–Kier alpha value is -3.22. The van der Waals surface area contributed by atoms with Crippen molar-refractivity contribution >= 4 is 23.3 Å². The zero-order valence-corrected chi connectivity index (χ0v) is 17.4. The summed E-state index contributed by atoms with van der Waals surface area (Å²) < 4.78 is 0. The molecule has 0 aliphatic rings. The maximum absolute atomic E-state index is 11.3. The number of hydrogen-bond acceptors (Lipinski definition) is 5. The number of nitrogens with zero attached hydrogens (tertiary/aromatic N) is 2. The number of rotatable bonds is 4. The molecule has 0 saturated carbocycles. The number of carboxylic acid groups (broad SMARTS) is 2. The third-order valence-corrected chi connectivity index (χ3v) is 4.40. The van der Waals surface area contributed by atoms with Crippen LogP contribution >= 0.6 is 0 Å². The largest absolute Gasteiger partial charge is 0.507 e. The highest BCUT2D eigenvalue weighted by Gasteiger charge is 2.26. The first-order chi connectivity index (χ1) is 13.2. The summed E-state index contributed by atoms with van der Waals surface area (Å²) in [4.78, 5) is 22.5. The fraction of sp³-hybridized carbons (Fsp3) is 0.364. The van der Waals surface area contributed by atoms with Crippen molar-refractivity contribution in [2.45, 2.75) is 52.4 Å². The van der Waals surface area contributed by atoms with Crippen molar-refractivity contribution < 1.29 is 24.9 Å². The van der Waals surface area contributed by atoms with E-state index in [1.807, 2.05) is 41.5 Å². The number of aromatic carboxylic acids is 2. The molecule has 0 heterocycles. The van der Waals surface area contributed by atoms with Gasteiger partial charge < -0.3 is 15.3 Å². The summed E-state index contributed by atoms with van der Waals surface area (Å²) in [7, 11) is 0. The maximum atomic E-state index is 11.3. The third-order valence-electron chi connectivity index (χ3n) is 4.40. The molecule has 0 atom stereocenters. The third kappa shape index (κ3) is 5.19. The number of aromatic hydroxyl groups is 1. The van der Waals surface area contributed by atoms with Crippen LogP contribution in [0.1, 0.15) is 73.4 Å². The topological polar surface area (TPSA) is 120 Å². The predicted molar refractivity (Wildman–Crippen MR) is 110 cm³/mol. The van der Waals surface area contributed by atoms with Crippen molar-refractivity contribution in [1.29, 1.82) is 0 Å². The molecule has 29 heavy (non-hydrogen) atoms. The average Bonchev–Trinajstić information content (AvgIpc) is 2.58. The Morgan fingerprint density at radius 3 is 1.34 bits per heavy atom. The van der Waals surface area contributed by atoms with Crippen molar-refractivity contribution in [2.75, 3.05) is 0 Å². The van der Waals surface area contributed by atoms with Gasteiger partial charge in [-0.2, -0.15) is 10.2 Å². The zero-order chi connectivity index (χ0) is 22.1. The van der Waals surface area contributed by atoms with Crippen LogP contribution in [0.15, 0.2) is 40.6 Å². The maximum Gasteiger partial charge on any atom is 0.335 e. The average molecular weight is 398 g/mol. The molecule has 2 rings (SSSR count). The summed E-state index contributed by atoms with van der Waals surface area (Å²) in [6, 6.07) is 7.04. The summed E-state index contributed by atoms with van der Waals surface area (Å²) >= 11 is 0. The van der Waals surface area contributed by atoms with E-state index < -0.39 is 11.9 Å². The lowest BCUT2D eigenvalue weighted by atomic mass is 9.79. The molecule has 2 aromatic carbocycles. The Bertz CT molecular complexity index is 928. The van der Waals surface area contributed by atoms with Gasteiger partial charge in [-0.1, -0.05) is 41.5 Å². The Labute approximate surface area is 169 Å². The zero-order valence-electron chi connectivity index (χ0n) is 17.4. The summed E-state index contributed by atoms with van der Waals surface area (Å²) in [5, 5.41) is 37.4. The van der Waals surface area contributed by atoms with Gasteiger partial charge >= 0.3 is 11.9 Å². The molecule has 154 valence electrons. The van der Waals surface area contributed by atoms with Gasteiger partial charge in [-0.3, -0.25) is 0 Å². The number of benzene rings is 2. The minimum atomic E-state index is -1.25. The summed E-state index contributed by atoms with van der Waals surface area (Å²) in [5.41, 5.74) is 0.976. The van der Waals surface area contributed by atoms with Crippen molar-refractivity contribution in [3.05, 3.63) is 52.6 Å².